The molecular weight excluding hydrogens is 164 g/mol. The SMILES string of the molecule is CC(=O)N[C@@H](C)CCNCC(C)C. The second kappa shape index (κ2) is 6.89. The molecule has 0 rings (SSSR count). The van der Waals surface area contributed by atoms with Gasteiger partial charge in [0, 0.05) is 13.0 Å². The van der Waals surface area contributed by atoms with Crippen molar-refractivity contribution in [3.05, 3.63) is 0 Å². The summed E-state index contributed by atoms with van der Waals surface area (Å²) in [5, 5.41) is 6.19. The van der Waals surface area contributed by atoms with Gasteiger partial charge in [-0.15, -0.1) is 0 Å². The van der Waals surface area contributed by atoms with Gasteiger partial charge in [0.05, 0.1) is 0 Å². The Morgan fingerprint density at radius 3 is 2.38 bits per heavy atom. The maximum absolute atomic E-state index is 10.7. The third kappa shape index (κ3) is 9.34. The molecule has 0 aromatic rings. The Morgan fingerprint density at radius 1 is 1.31 bits per heavy atom. The Labute approximate surface area is 81.3 Å². The highest BCUT2D eigenvalue weighted by Gasteiger charge is 2.02. The summed E-state index contributed by atoms with van der Waals surface area (Å²) in [7, 11) is 0. The van der Waals surface area contributed by atoms with Gasteiger partial charge >= 0.3 is 0 Å². The first-order valence-electron chi connectivity index (χ1n) is 5.00. The van der Waals surface area contributed by atoms with Crippen molar-refractivity contribution in [2.75, 3.05) is 13.1 Å². The Hall–Kier alpha value is -0.570. The van der Waals surface area contributed by atoms with Crippen LogP contribution in [0.25, 0.3) is 0 Å². The third-order valence-electron chi connectivity index (χ3n) is 1.76. The van der Waals surface area contributed by atoms with Crippen molar-refractivity contribution in [3.8, 4) is 0 Å². The van der Waals surface area contributed by atoms with E-state index < -0.39 is 0 Å². The monoisotopic (exact) mass is 186 g/mol. The van der Waals surface area contributed by atoms with Crippen LogP contribution in [-0.4, -0.2) is 25.0 Å². The molecule has 0 aromatic heterocycles. The van der Waals surface area contributed by atoms with E-state index in [4.69, 9.17) is 0 Å². The largest absolute Gasteiger partial charge is 0.354 e. The third-order valence-corrected chi connectivity index (χ3v) is 1.76. The van der Waals surface area contributed by atoms with E-state index in [-0.39, 0.29) is 11.9 Å². The average molecular weight is 186 g/mol. The fourth-order valence-corrected chi connectivity index (χ4v) is 1.13. The molecule has 0 bridgehead atoms. The lowest BCUT2D eigenvalue weighted by Crippen LogP contribution is -2.33. The van der Waals surface area contributed by atoms with Crippen LogP contribution in [0, 0.1) is 5.92 Å². The molecule has 1 amide bonds. The summed E-state index contributed by atoms with van der Waals surface area (Å²) in [5.41, 5.74) is 0. The molecule has 13 heavy (non-hydrogen) atoms. The first-order valence-corrected chi connectivity index (χ1v) is 5.00. The van der Waals surface area contributed by atoms with Gasteiger partial charge < -0.3 is 10.6 Å². The molecule has 2 N–H and O–H groups in total. The van der Waals surface area contributed by atoms with Gasteiger partial charge in [-0.2, -0.15) is 0 Å². The zero-order valence-electron chi connectivity index (χ0n) is 9.18. The number of nitrogens with one attached hydrogen (secondary N) is 2. The number of rotatable bonds is 6. The predicted molar refractivity (Wildman–Crippen MR) is 55.6 cm³/mol. The van der Waals surface area contributed by atoms with Crippen LogP contribution >= 0.6 is 0 Å². The van der Waals surface area contributed by atoms with Crippen molar-refractivity contribution in [3.63, 3.8) is 0 Å². The average Bonchev–Trinajstić information content (AvgIpc) is 1.96. The van der Waals surface area contributed by atoms with Gasteiger partial charge in [0.2, 0.25) is 5.91 Å². The summed E-state index contributed by atoms with van der Waals surface area (Å²) >= 11 is 0. The van der Waals surface area contributed by atoms with Crippen molar-refractivity contribution in [1.82, 2.24) is 10.6 Å². The first-order chi connectivity index (χ1) is 6.02. The first kappa shape index (κ1) is 12.4. The zero-order valence-corrected chi connectivity index (χ0v) is 9.18. The Kier molecular flexibility index (Phi) is 6.59. The predicted octanol–water partition coefficient (Wildman–Crippen LogP) is 1.15. The fourth-order valence-electron chi connectivity index (χ4n) is 1.13. The standard InChI is InChI=1S/C10H22N2O/c1-8(2)7-11-6-5-9(3)12-10(4)13/h8-9,11H,5-7H2,1-4H3,(H,12,13)/t9-/m0/s1. The summed E-state index contributed by atoms with van der Waals surface area (Å²) in [5.74, 6) is 0.743. The summed E-state index contributed by atoms with van der Waals surface area (Å²) in [6, 6.07) is 0.275. The van der Waals surface area contributed by atoms with E-state index >= 15 is 0 Å². The van der Waals surface area contributed by atoms with E-state index in [1.807, 2.05) is 6.92 Å². The molecular formula is C10H22N2O. The van der Waals surface area contributed by atoms with E-state index in [1.54, 1.807) is 6.92 Å². The summed E-state index contributed by atoms with van der Waals surface area (Å²) in [6.45, 7) is 9.97. The number of carbonyl (C=O) groups is 1. The molecule has 0 heterocycles. The molecule has 0 saturated carbocycles. The minimum absolute atomic E-state index is 0.0522. The minimum atomic E-state index is 0.0522. The number of carbonyl (C=O) groups excluding carboxylic acids is 1. The van der Waals surface area contributed by atoms with Crippen LogP contribution in [0.4, 0.5) is 0 Å². The highest BCUT2D eigenvalue weighted by molar-refractivity contribution is 5.73. The summed E-state index contributed by atoms with van der Waals surface area (Å²) in [6.07, 6.45) is 0.992. The minimum Gasteiger partial charge on any atom is -0.354 e. The van der Waals surface area contributed by atoms with Gasteiger partial charge in [0.25, 0.3) is 0 Å². The molecule has 0 aliphatic carbocycles. The Morgan fingerprint density at radius 2 is 1.92 bits per heavy atom. The van der Waals surface area contributed by atoms with Crippen LogP contribution < -0.4 is 10.6 Å². The van der Waals surface area contributed by atoms with Gasteiger partial charge in [0.15, 0.2) is 0 Å². The number of hydrogen-bond acceptors (Lipinski definition) is 2. The highest BCUT2D eigenvalue weighted by atomic mass is 16.1. The molecule has 1 atom stereocenters. The van der Waals surface area contributed by atoms with Crippen molar-refractivity contribution in [2.24, 2.45) is 5.92 Å². The van der Waals surface area contributed by atoms with Gasteiger partial charge in [-0.1, -0.05) is 13.8 Å². The molecule has 78 valence electrons. The smallest absolute Gasteiger partial charge is 0.217 e. The van der Waals surface area contributed by atoms with Crippen LogP contribution in [0.2, 0.25) is 0 Å². The highest BCUT2D eigenvalue weighted by Crippen LogP contribution is 1.90. The normalized spacial score (nSPS) is 13.0. The lowest BCUT2D eigenvalue weighted by Gasteiger charge is -2.13. The van der Waals surface area contributed by atoms with Gasteiger partial charge in [-0.25, -0.2) is 0 Å². The van der Waals surface area contributed by atoms with Crippen molar-refractivity contribution in [2.45, 2.75) is 40.2 Å². The lowest BCUT2D eigenvalue weighted by atomic mass is 10.2. The van der Waals surface area contributed by atoms with Crippen LogP contribution in [0.1, 0.15) is 34.1 Å². The van der Waals surface area contributed by atoms with E-state index in [2.05, 4.69) is 24.5 Å². The van der Waals surface area contributed by atoms with Gasteiger partial charge in [-0.3, -0.25) is 4.79 Å². The van der Waals surface area contributed by atoms with Crippen LogP contribution in [-0.2, 0) is 4.79 Å². The molecule has 0 aliphatic rings. The van der Waals surface area contributed by atoms with E-state index in [0.29, 0.717) is 5.92 Å². The molecule has 0 fully saturated rings. The fraction of sp³-hybridized carbons (Fsp3) is 0.900. The molecule has 0 saturated heterocycles. The molecule has 3 heteroatoms. The molecule has 0 aliphatic heterocycles. The van der Waals surface area contributed by atoms with Crippen LogP contribution in [0.5, 0.6) is 0 Å². The second-order valence-electron chi connectivity index (χ2n) is 3.99. The summed E-state index contributed by atoms with van der Waals surface area (Å²) in [4.78, 5) is 10.7. The topological polar surface area (TPSA) is 41.1 Å². The quantitative estimate of drug-likeness (QED) is 0.611. The number of hydrogen-bond donors (Lipinski definition) is 2. The Balaban J connectivity index is 3.26. The molecule has 3 nitrogen and oxygen atoms in total. The van der Waals surface area contributed by atoms with Crippen molar-refractivity contribution < 1.29 is 4.79 Å². The zero-order chi connectivity index (χ0) is 10.3. The van der Waals surface area contributed by atoms with E-state index in [1.165, 1.54) is 0 Å². The molecule has 0 radical (unpaired) electrons. The summed E-state index contributed by atoms with van der Waals surface area (Å²) < 4.78 is 0. The van der Waals surface area contributed by atoms with Crippen molar-refractivity contribution >= 4 is 5.91 Å². The maximum atomic E-state index is 10.7. The van der Waals surface area contributed by atoms with Gasteiger partial charge in [-0.05, 0) is 32.4 Å². The van der Waals surface area contributed by atoms with Crippen LogP contribution in [0.15, 0.2) is 0 Å². The van der Waals surface area contributed by atoms with Crippen molar-refractivity contribution in [1.29, 1.82) is 0 Å². The van der Waals surface area contributed by atoms with E-state index in [9.17, 15) is 4.79 Å². The second-order valence-corrected chi connectivity index (χ2v) is 3.99. The number of amides is 1. The van der Waals surface area contributed by atoms with Crippen LogP contribution in [0.3, 0.4) is 0 Å². The molecule has 0 unspecified atom stereocenters. The maximum Gasteiger partial charge on any atom is 0.217 e. The Bertz CT molecular complexity index is 146. The molecule has 0 spiro atoms. The molecule has 0 aromatic carbocycles. The van der Waals surface area contributed by atoms with E-state index in [0.717, 1.165) is 19.5 Å². The lowest BCUT2D eigenvalue weighted by molar-refractivity contribution is -0.119. The van der Waals surface area contributed by atoms with Gasteiger partial charge in [0.1, 0.15) is 0 Å².